The van der Waals surface area contributed by atoms with Crippen molar-refractivity contribution < 1.29 is 14.6 Å². The van der Waals surface area contributed by atoms with Gasteiger partial charge in [-0.25, -0.2) is 0 Å². The van der Waals surface area contributed by atoms with E-state index in [1.54, 1.807) is 0 Å². The van der Waals surface area contributed by atoms with Crippen LogP contribution in [-0.2, 0) is 9.53 Å². The minimum atomic E-state index is -0.177. The highest BCUT2D eigenvalue weighted by Crippen LogP contribution is 2.18. The number of aliphatic hydroxyl groups is 1. The fourth-order valence-corrected chi connectivity index (χ4v) is 1.16. The van der Waals surface area contributed by atoms with Gasteiger partial charge in [-0.1, -0.05) is 0 Å². The normalized spacial score (nSPS) is 17.5. The Labute approximate surface area is 90.2 Å². The van der Waals surface area contributed by atoms with Gasteiger partial charge in [-0.05, 0) is 19.8 Å². The van der Waals surface area contributed by atoms with Crippen molar-refractivity contribution in [3.63, 3.8) is 0 Å². The molecule has 1 rings (SSSR count). The van der Waals surface area contributed by atoms with Crippen LogP contribution < -0.4 is 10.6 Å². The predicted molar refractivity (Wildman–Crippen MR) is 56.5 cm³/mol. The van der Waals surface area contributed by atoms with Gasteiger partial charge in [0.1, 0.15) is 0 Å². The van der Waals surface area contributed by atoms with Crippen LogP contribution in [0.2, 0.25) is 0 Å². The fourth-order valence-electron chi connectivity index (χ4n) is 1.16. The Morgan fingerprint density at radius 2 is 2.27 bits per heavy atom. The molecule has 0 bridgehead atoms. The van der Waals surface area contributed by atoms with Crippen LogP contribution in [0.3, 0.4) is 0 Å². The summed E-state index contributed by atoms with van der Waals surface area (Å²) >= 11 is 0. The third kappa shape index (κ3) is 5.71. The summed E-state index contributed by atoms with van der Waals surface area (Å²) in [7, 11) is 0. The van der Waals surface area contributed by atoms with Gasteiger partial charge in [-0.2, -0.15) is 0 Å². The summed E-state index contributed by atoms with van der Waals surface area (Å²) in [5, 5.41) is 14.4. The highest BCUT2D eigenvalue weighted by Gasteiger charge is 2.25. The van der Waals surface area contributed by atoms with Crippen LogP contribution in [0, 0.1) is 0 Å². The fraction of sp³-hybridized carbons (Fsp3) is 0.900. The Morgan fingerprint density at radius 3 is 2.87 bits per heavy atom. The average molecular weight is 216 g/mol. The molecule has 0 heterocycles. The third-order valence-electron chi connectivity index (χ3n) is 2.25. The van der Waals surface area contributed by atoms with Gasteiger partial charge in [0.25, 0.3) is 0 Å². The van der Waals surface area contributed by atoms with Crippen LogP contribution in [0.5, 0.6) is 0 Å². The van der Waals surface area contributed by atoms with Crippen LogP contribution in [0.25, 0.3) is 0 Å². The van der Waals surface area contributed by atoms with E-state index in [1.807, 2.05) is 6.92 Å². The van der Waals surface area contributed by atoms with Gasteiger partial charge in [0, 0.05) is 12.6 Å². The molecular weight excluding hydrogens is 196 g/mol. The van der Waals surface area contributed by atoms with Gasteiger partial charge in [-0.3, -0.25) is 4.79 Å². The minimum absolute atomic E-state index is 0.0394. The standard InChI is InChI=1S/C10H20N2O3/c1-8(10(14)12-9-2-3-9)11-4-6-15-7-5-13/h8-9,11,13H,2-7H2,1H3,(H,12,14). The molecule has 0 aromatic carbocycles. The van der Waals surface area contributed by atoms with Gasteiger partial charge < -0.3 is 20.5 Å². The van der Waals surface area contributed by atoms with Crippen molar-refractivity contribution in [2.75, 3.05) is 26.4 Å². The van der Waals surface area contributed by atoms with E-state index in [2.05, 4.69) is 10.6 Å². The lowest BCUT2D eigenvalue weighted by molar-refractivity contribution is -0.122. The molecule has 0 saturated heterocycles. The maximum Gasteiger partial charge on any atom is 0.237 e. The second-order valence-electron chi connectivity index (χ2n) is 3.79. The molecule has 0 spiro atoms. The maximum atomic E-state index is 11.5. The minimum Gasteiger partial charge on any atom is -0.394 e. The van der Waals surface area contributed by atoms with Crippen molar-refractivity contribution in [1.29, 1.82) is 0 Å². The summed E-state index contributed by atoms with van der Waals surface area (Å²) in [6, 6.07) is 0.232. The summed E-state index contributed by atoms with van der Waals surface area (Å²) in [5.41, 5.74) is 0. The number of carbonyl (C=O) groups is 1. The summed E-state index contributed by atoms with van der Waals surface area (Å²) in [4.78, 5) is 11.5. The molecule has 0 aliphatic heterocycles. The first-order chi connectivity index (χ1) is 7.24. The van der Waals surface area contributed by atoms with Gasteiger partial charge >= 0.3 is 0 Å². The smallest absolute Gasteiger partial charge is 0.237 e. The lowest BCUT2D eigenvalue weighted by Crippen LogP contribution is -2.44. The summed E-state index contributed by atoms with van der Waals surface area (Å²) < 4.78 is 5.06. The van der Waals surface area contributed by atoms with Crippen molar-refractivity contribution in [2.45, 2.75) is 31.8 Å². The van der Waals surface area contributed by atoms with Crippen molar-refractivity contribution >= 4 is 5.91 Å². The van der Waals surface area contributed by atoms with Gasteiger partial charge in [0.15, 0.2) is 0 Å². The van der Waals surface area contributed by atoms with E-state index in [0.29, 0.717) is 25.8 Å². The lowest BCUT2D eigenvalue weighted by atomic mass is 10.3. The van der Waals surface area contributed by atoms with Crippen LogP contribution in [0.15, 0.2) is 0 Å². The molecule has 15 heavy (non-hydrogen) atoms. The molecule has 1 unspecified atom stereocenters. The van der Waals surface area contributed by atoms with E-state index in [-0.39, 0.29) is 18.6 Å². The molecule has 0 aromatic rings. The number of hydrogen-bond acceptors (Lipinski definition) is 4. The molecule has 1 aliphatic rings. The summed E-state index contributed by atoms with van der Waals surface area (Å²) in [6.07, 6.45) is 2.22. The first-order valence-corrected chi connectivity index (χ1v) is 5.46. The monoisotopic (exact) mass is 216 g/mol. The molecule has 0 radical (unpaired) electrons. The molecule has 1 aliphatic carbocycles. The molecule has 1 amide bonds. The van der Waals surface area contributed by atoms with E-state index >= 15 is 0 Å². The Kier molecular flexibility index (Phi) is 5.60. The van der Waals surface area contributed by atoms with Crippen LogP contribution in [0.4, 0.5) is 0 Å². The molecule has 1 saturated carbocycles. The quantitative estimate of drug-likeness (QED) is 0.467. The van der Waals surface area contributed by atoms with Crippen molar-refractivity contribution in [3.8, 4) is 0 Å². The molecule has 3 N–H and O–H groups in total. The molecule has 0 aromatic heterocycles. The zero-order valence-electron chi connectivity index (χ0n) is 9.16. The first kappa shape index (κ1) is 12.4. The lowest BCUT2D eigenvalue weighted by Gasteiger charge is -2.13. The van der Waals surface area contributed by atoms with Crippen molar-refractivity contribution in [2.24, 2.45) is 0 Å². The molecule has 88 valence electrons. The SMILES string of the molecule is CC(NCCOCCO)C(=O)NC1CC1. The first-order valence-electron chi connectivity index (χ1n) is 5.46. The number of amides is 1. The zero-order valence-corrected chi connectivity index (χ0v) is 9.16. The largest absolute Gasteiger partial charge is 0.394 e. The van der Waals surface area contributed by atoms with Crippen molar-refractivity contribution in [3.05, 3.63) is 0 Å². The van der Waals surface area contributed by atoms with Crippen LogP contribution in [-0.4, -0.2) is 49.5 Å². The molecular formula is C10H20N2O3. The Balaban J connectivity index is 1.96. The predicted octanol–water partition coefficient (Wildman–Crippen LogP) is -0.748. The van der Waals surface area contributed by atoms with E-state index < -0.39 is 0 Å². The number of nitrogens with one attached hydrogen (secondary N) is 2. The second kappa shape index (κ2) is 6.76. The molecule has 5 heteroatoms. The number of ether oxygens (including phenoxy) is 1. The molecule has 1 fully saturated rings. The van der Waals surface area contributed by atoms with Gasteiger partial charge in [0.05, 0.1) is 25.9 Å². The Morgan fingerprint density at radius 1 is 1.53 bits per heavy atom. The molecule has 5 nitrogen and oxygen atoms in total. The van der Waals surface area contributed by atoms with Gasteiger partial charge in [-0.15, -0.1) is 0 Å². The average Bonchev–Trinajstić information content (AvgIpc) is 3.01. The van der Waals surface area contributed by atoms with E-state index in [1.165, 1.54) is 0 Å². The summed E-state index contributed by atoms with van der Waals surface area (Å²) in [5.74, 6) is 0.0552. The Hall–Kier alpha value is -0.650. The van der Waals surface area contributed by atoms with Gasteiger partial charge in [0.2, 0.25) is 5.91 Å². The van der Waals surface area contributed by atoms with E-state index in [0.717, 1.165) is 12.8 Å². The second-order valence-corrected chi connectivity index (χ2v) is 3.79. The maximum absolute atomic E-state index is 11.5. The van der Waals surface area contributed by atoms with E-state index in [4.69, 9.17) is 9.84 Å². The third-order valence-corrected chi connectivity index (χ3v) is 2.25. The van der Waals surface area contributed by atoms with Crippen LogP contribution in [0.1, 0.15) is 19.8 Å². The number of hydrogen-bond donors (Lipinski definition) is 3. The molecule has 1 atom stereocenters. The zero-order chi connectivity index (χ0) is 11.1. The summed E-state index contributed by atoms with van der Waals surface area (Å²) in [6.45, 7) is 3.37. The number of carbonyl (C=O) groups excluding carboxylic acids is 1. The van der Waals surface area contributed by atoms with Crippen molar-refractivity contribution in [1.82, 2.24) is 10.6 Å². The highest BCUT2D eigenvalue weighted by atomic mass is 16.5. The number of rotatable bonds is 8. The van der Waals surface area contributed by atoms with E-state index in [9.17, 15) is 4.79 Å². The number of aliphatic hydroxyl groups excluding tert-OH is 1. The Bertz CT molecular complexity index is 195. The van der Waals surface area contributed by atoms with Crippen LogP contribution >= 0.6 is 0 Å². The topological polar surface area (TPSA) is 70.6 Å². The highest BCUT2D eigenvalue weighted by molar-refractivity contribution is 5.81.